The zero-order valence-corrected chi connectivity index (χ0v) is 13.0. The summed E-state index contributed by atoms with van der Waals surface area (Å²) in [5.41, 5.74) is 3.26. The average molecular weight is 315 g/mol. The highest BCUT2D eigenvalue weighted by Crippen LogP contribution is 2.18. The second-order valence-corrected chi connectivity index (χ2v) is 5.22. The first-order valence-electron chi connectivity index (χ1n) is 6.78. The standard InChI is InChI=1S/C18H16ClFN2/c1-13(22-12-14-4-3-5-17(20)11-14)10-18(21-2)15-6-8-16(19)9-7-15/h3-11H,2,12H2,1H3/b18-10-,22-13?. The number of rotatable bonds is 5. The number of benzene rings is 2. The molecule has 4 heteroatoms. The minimum Gasteiger partial charge on any atom is -0.285 e. The van der Waals surface area contributed by atoms with E-state index in [-0.39, 0.29) is 5.82 Å². The van der Waals surface area contributed by atoms with Gasteiger partial charge in [0.1, 0.15) is 5.82 Å². The van der Waals surface area contributed by atoms with Crippen molar-refractivity contribution >= 4 is 29.7 Å². The van der Waals surface area contributed by atoms with Crippen LogP contribution in [0.2, 0.25) is 5.02 Å². The van der Waals surface area contributed by atoms with Gasteiger partial charge in [-0.25, -0.2) is 4.39 Å². The monoisotopic (exact) mass is 314 g/mol. The molecule has 0 saturated heterocycles. The van der Waals surface area contributed by atoms with Crippen molar-refractivity contribution in [2.24, 2.45) is 9.98 Å². The van der Waals surface area contributed by atoms with Gasteiger partial charge in [-0.3, -0.25) is 9.98 Å². The van der Waals surface area contributed by atoms with Gasteiger partial charge < -0.3 is 0 Å². The summed E-state index contributed by atoms with van der Waals surface area (Å²) in [6.45, 7) is 5.88. The summed E-state index contributed by atoms with van der Waals surface area (Å²) < 4.78 is 13.1. The number of hydrogen-bond acceptors (Lipinski definition) is 2. The average Bonchev–Trinajstić information content (AvgIpc) is 2.52. The minimum absolute atomic E-state index is 0.254. The van der Waals surface area contributed by atoms with Gasteiger partial charge in [-0.15, -0.1) is 0 Å². The molecule has 0 N–H and O–H groups in total. The van der Waals surface area contributed by atoms with Crippen LogP contribution in [0.5, 0.6) is 0 Å². The third kappa shape index (κ3) is 4.64. The van der Waals surface area contributed by atoms with E-state index < -0.39 is 0 Å². The Hall–Kier alpha value is -2.26. The second kappa shape index (κ2) is 7.66. The highest BCUT2D eigenvalue weighted by atomic mass is 35.5. The fourth-order valence-corrected chi connectivity index (χ4v) is 2.06. The molecule has 112 valence electrons. The van der Waals surface area contributed by atoms with E-state index in [4.69, 9.17) is 11.6 Å². The van der Waals surface area contributed by atoms with Crippen LogP contribution >= 0.6 is 11.6 Å². The Morgan fingerprint density at radius 1 is 1.23 bits per heavy atom. The van der Waals surface area contributed by atoms with E-state index in [0.29, 0.717) is 11.6 Å². The van der Waals surface area contributed by atoms with E-state index in [0.717, 1.165) is 22.5 Å². The Kier molecular flexibility index (Phi) is 5.61. The quantitative estimate of drug-likeness (QED) is 0.679. The molecule has 0 bridgehead atoms. The van der Waals surface area contributed by atoms with Crippen LogP contribution in [0.4, 0.5) is 4.39 Å². The number of nitrogens with zero attached hydrogens (tertiary/aromatic N) is 2. The van der Waals surface area contributed by atoms with Crippen LogP contribution < -0.4 is 0 Å². The largest absolute Gasteiger partial charge is 0.285 e. The molecule has 0 unspecified atom stereocenters. The molecule has 0 spiro atoms. The molecule has 0 amide bonds. The van der Waals surface area contributed by atoms with Gasteiger partial charge in [-0.2, -0.15) is 0 Å². The second-order valence-electron chi connectivity index (χ2n) is 4.78. The highest BCUT2D eigenvalue weighted by Gasteiger charge is 2.00. The zero-order chi connectivity index (χ0) is 15.9. The van der Waals surface area contributed by atoms with Gasteiger partial charge in [-0.1, -0.05) is 35.9 Å². The van der Waals surface area contributed by atoms with Crippen molar-refractivity contribution in [2.75, 3.05) is 0 Å². The summed E-state index contributed by atoms with van der Waals surface area (Å²) in [7, 11) is 0. The molecule has 0 radical (unpaired) electrons. The maximum absolute atomic E-state index is 13.1. The fourth-order valence-electron chi connectivity index (χ4n) is 1.94. The lowest BCUT2D eigenvalue weighted by Gasteiger charge is -2.03. The van der Waals surface area contributed by atoms with Crippen LogP contribution in [0.1, 0.15) is 18.1 Å². The van der Waals surface area contributed by atoms with Crippen molar-refractivity contribution in [3.8, 4) is 0 Å². The van der Waals surface area contributed by atoms with Crippen molar-refractivity contribution in [3.63, 3.8) is 0 Å². The molecule has 2 aromatic carbocycles. The molecule has 0 saturated carbocycles. The van der Waals surface area contributed by atoms with Gasteiger partial charge in [0.2, 0.25) is 0 Å². The van der Waals surface area contributed by atoms with E-state index in [1.54, 1.807) is 18.2 Å². The van der Waals surface area contributed by atoms with Crippen LogP contribution in [-0.4, -0.2) is 12.4 Å². The van der Waals surface area contributed by atoms with Gasteiger partial charge in [0, 0.05) is 16.3 Å². The summed E-state index contributed by atoms with van der Waals surface area (Å²) in [4.78, 5) is 8.45. The lowest BCUT2D eigenvalue weighted by molar-refractivity contribution is 0.625. The molecule has 0 atom stereocenters. The molecule has 0 heterocycles. The van der Waals surface area contributed by atoms with Crippen molar-refractivity contribution < 1.29 is 4.39 Å². The highest BCUT2D eigenvalue weighted by molar-refractivity contribution is 6.30. The summed E-state index contributed by atoms with van der Waals surface area (Å²) in [5, 5.41) is 0.670. The van der Waals surface area contributed by atoms with E-state index in [1.807, 2.05) is 31.2 Å². The number of aliphatic imine (C=N–C) groups is 2. The lowest BCUT2D eigenvalue weighted by atomic mass is 10.1. The number of allylic oxidation sites excluding steroid dienone is 1. The van der Waals surface area contributed by atoms with E-state index in [1.165, 1.54) is 12.1 Å². The first-order chi connectivity index (χ1) is 10.6. The van der Waals surface area contributed by atoms with Crippen molar-refractivity contribution in [1.82, 2.24) is 0 Å². The number of halogens is 2. The molecule has 0 aromatic heterocycles. The smallest absolute Gasteiger partial charge is 0.123 e. The predicted octanol–water partition coefficient (Wildman–Crippen LogP) is 5.18. The molecular weight excluding hydrogens is 299 g/mol. The summed E-state index contributed by atoms with van der Waals surface area (Å²) >= 11 is 5.88. The predicted molar refractivity (Wildman–Crippen MR) is 92.2 cm³/mol. The maximum Gasteiger partial charge on any atom is 0.123 e. The molecule has 2 aromatic rings. The topological polar surface area (TPSA) is 24.7 Å². The molecular formula is C18H16ClFN2. The van der Waals surface area contributed by atoms with Crippen molar-refractivity contribution in [1.29, 1.82) is 0 Å². The van der Waals surface area contributed by atoms with Gasteiger partial charge >= 0.3 is 0 Å². The molecule has 0 aliphatic rings. The minimum atomic E-state index is -0.254. The van der Waals surface area contributed by atoms with Crippen LogP contribution in [-0.2, 0) is 6.54 Å². The van der Waals surface area contributed by atoms with E-state index in [2.05, 4.69) is 16.7 Å². The molecule has 0 aliphatic heterocycles. The third-order valence-electron chi connectivity index (χ3n) is 3.06. The van der Waals surface area contributed by atoms with Crippen LogP contribution in [0.15, 0.2) is 64.6 Å². The van der Waals surface area contributed by atoms with Crippen molar-refractivity contribution in [3.05, 3.63) is 76.6 Å². The molecule has 0 aliphatic carbocycles. The molecule has 22 heavy (non-hydrogen) atoms. The molecule has 2 nitrogen and oxygen atoms in total. The van der Waals surface area contributed by atoms with Gasteiger partial charge in [-0.05, 0) is 49.5 Å². The van der Waals surface area contributed by atoms with E-state index >= 15 is 0 Å². The van der Waals surface area contributed by atoms with Gasteiger partial charge in [0.15, 0.2) is 0 Å². The molecule has 0 fully saturated rings. The first kappa shape index (κ1) is 16.1. The fraction of sp³-hybridized carbons (Fsp3) is 0.111. The Balaban J connectivity index is 2.16. The summed E-state index contributed by atoms with van der Waals surface area (Å²) in [6, 6.07) is 13.8. The third-order valence-corrected chi connectivity index (χ3v) is 3.31. The summed E-state index contributed by atoms with van der Waals surface area (Å²) in [6.07, 6.45) is 1.84. The Labute approximate surface area is 134 Å². The lowest BCUT2D eigenvalue weighted by Crippen LogP contribution is -1.92. The Bertz CT molecular complexity index is 718. The Morgan fingerprint density at radius 2 is 1.95 bits per heavy atom. The molecule has 2 rings (SSSR count). The van der Waals surface area contributed by atoms with E-state index in [9.17, 15) is 4.39 Å². The van der Waals surface area contributed by atoms with Crippen molar-refractivity contribution in [2.45, 2.75) is 13.5 Å². The normalized spacial score (nSPS) is 12.3. The van der Waals surface area contributed by atoms with Crippen LogP contribution in [0.3, 0.4) is 0 Å². The van der Waals surface area contributed by atoms with Crippen LogP contribution in [0.25, 0.3) is 5.70 Å². The van der Waals surface area contributed by atoms with Crippen LogP contribution in [0, 0.1) is 5.82 Å². The van der Waals surface area contributed by atoms with Gasteiger partial charge in [0.25, 0.3) is 0 Å². The Morgan fingerprint density at radius 3 is 2.59 bits per heavy atom. The SMILES string of the molecule is C=N/C(=C\C(C)=NCc1cccc(F)c1)c1ccc(Cl)cc1. The maximum atomic E-state index is 13.1. The first-order valence-corrected chi connectivity index (χ1v) is 7.16. The van der Waals surface area contributed by atoms with Gasteiger partial charge in [0.05, 0.1) is 12.2 Å². The summed E-state index contributed by atoms with van der Waals surface area (Å²) in [5.74, 6) is -0.254. The zero-order valence-electron chi connectivity index (χ0n) is 12.3. The number of hydrogen-bond donors (Lipinski definition) is 0.